The first kappa shape index (κ1) is 28.4. The number of piperidine rings is 1. The molecule has 220 valence electrons. The van der Waals surface area contributed by atoms with Gasteiger partial charge in [-0.15, -0.1) is 0 Å². The summed E-state index contributed by atoms with van der Waals surface area (Å²) < 4.78 is 43.4. The van der Waals surface area contributed by atoms with Crippen molar-refractivity contribution in [3.05, 3.63) is 71.7 Å². The van der Waals surface area contributed by atoms with Gasteiger partial charge in [0.1, 0.15) is 29.1 Å². The third-order valence-corrected chi connectivity index (χ3v) is 7.67. The Morgan fingerprint density at radius 1 is 1.09 bits per heavy atom. The van der Waals surface area contributed by atoms with Crippen LogP contribution in [0.2, 0.25) is 5.02 Å². The Morgan fingerprint density at radius 2 is 1.88 bits per heavy atom. The topological polar surface area (TPSA) is 112 Å². The van der Waals surface area contributed by atoms with E-state index in [9.17, 15) is 9.59 Å². The molecule has 1 fully saturated rings. The highest BCUT2D eigenvalue weighted by atomic mass is 35.5. The molecule has 0 spiro atoms. The van der Waals surface area contributed by atoms with Gasteiger partial charge in [0.2, 0.25) is 0 Å². The molecule has 43 heavy (non-hydrogen) atoms. The summed E-state index contributed by atoms with van der Waals surface area (Å²) in [6.07, 6.45) is 3.50. The van der Waals surface area contributed by atoms with Gasteiger partial charge in [-0.3, -0.25) is 14.6 Å². The Morgan fingerprint density at radius 3 is 2.60 bits per heavy atom. The smallest absolute Gasteiger partial charge is 0.321 e. The van der Waals surface area contributed by atoms with Crippen molar-refractivity contribution in [2.24, 2.45) is 0 Å². The summed E-state index contributed by atoms with van der Waals surface area (Å²) in [7, 11) is 0. The predicted molar refractivity (Wildman–Crippen MR) is 154 cm³/mol. The fourth-order valence-corrected chi connectivity index (χ4v) is 5.68. The molecule has 0 bridgehead atoms. The lowest BCUT2D eigenvalue weighted by Gasteiger charge is -2.36. The van der Waals surface area contributed by atoms with Crippen molar-refractivity contribution >= 4 is 45.4 Å². The van der Waals surface area contributed by atoms with E-state index in [4.69, 9.17) is 21.1 Å². The number of esters is 1. The maximum Gasteiger partial charge on any atom is 0.321 e. The maximum absolute atomic E-state index is 15.7. The van der Waals surface area contributed by atoms with Crippen LogP contribution in [0, 0.1) is 12.7 Å². The molecule has 0 saturated carbocycles. The second kappa shape index (κ2) is 11.5. The molecular weight excluding hydrogens is 582 g/mol. The first-order valence-electron chi connectivity index (χ1n) is 13.5. The van der Waals surface area contributed by atoms with E-state index >= 15 is 8.78 Å². The normalized spacial score (nSPS) is 16.9. The van der Waals surface area contributed by atoms with Crippen LogP contribution in [-0.4, -0.2) is 67.1 Å². The van der Waals surface area contributed by atoms with Gasteiger partial charge in [-0.25, -0.2) is 23.7 Å². The van der Waals surface area contributed by atoms with E-state index < -0.39 is 36.5 Å². The molecule has 2 atom stereocenters. The number of aryl methyl sites for hydroxylation is 1. The zero-order chi connectivity index (χ0) is 30.2. The van der Waals surface area contributed by atoms with E-state index in [1.807, 2.05) is 0 Å². The molecule has 10 nitrogen and oxygen atoms in total. The molecule has 0 radical (unpaired) electrons. The van der Waals surface area contributed by atoms with E-state index in [1.54, 1.807) is 54.2 Å². The van der Waals surface area contributed by atoms with Crippen molar-refractivity contribution in [3.63, 3.8) is 0 Å². The lowest BCUT2D eigenvalue weighted by molar-refractivity contribution is -0.151. The number of hydrogen-bond acceptors (Lipinski definition) is 8. The monoisotopic (exact) mass is 606 g/mol. The van der Waals surface area contributed by atoms with E-state index in [0.29, 0.717) is 45.5 Å². The Bertz CT molecular complexity index is 1870. The number of hydrogen-bond donors (Lipinski definition) is 0. The third kappa shape index (κ3) is 5.57. The van der Waals surface area contributed by atoms with Crippen LogP contribution in [0.25, 0.3) is 33.1 Å². The number of amides is 1. The van der Waals surface area contributed by atoms with Gasteiger partial charge in [0.25, 0.3) is 5.91 Å². The average molecular weight is 607 g/mol. The minimum absolute atomic E-state index is 0.145. The van der Waals surface area contributed by atoms with Gasteiger partial charge >= 0.3 is 12.0 Å². The lowest BCUT2D eigenvalue weighted by atomic mass is 10.00. The number of alkyl halides is 1. The molecule has 5 aromatic rings. The molecular formula is C30H25ClF2N6O4. The molecule has 0 N–H and O–H groups in total. The number of likely N-dealkylation sites (tertiary alicyclic amines) is 1. The van der Waals surface area contributed by atoms with Crippen LogP contribution in [0.3, 0.4) is 0 Å². The van der Waals surface area contributed by atoms with Crippen LogP contribution in [-0.2, 0) is 14.3 Å². The van der Waals surface area contributed by atoms with Gasteiger partial charge < -0.3 is 18.9 Å². The number of carbonyl (C=O) groups is 2. The van der Waals surface area contributed by atoms with Gasteiger partial charge in [0, 0.05) is 54.5 Å². The summed E-state index contributed by atoms with van der Waals surface area (Å²) >= 11 is 6.60. The molecule has 3 aromatic heterocycles. The zero-order valence-corrected chi connectivity index (χ0v) is 23.9. The zero-order valence-electron chi connectivity index (χ0n) is 23.1. The molecule has 1 amide bonds. The summed E-state index contributed by atoms with van der Waals surface area (Å²) in [5.41, 5.74) is 2.15. The molecule has 1 aliphatic rings. The van der Waals surface area contributed by atoms with Crippen LogP contribution in [0.4, 0.5) is 8.78 Å². The van der Waals surface area contributed by atoms with Gasteiger partial charge in [0.15, 0.2) is 6.61 Å². The molecule has 1 saturated heterocycles. The largest absolute Gasteiger partial charge is 0.456 e. The van der Waals surface area contributed by atoms with E-state index in [2.05, 4.69) is 19.9 Å². The fraction of sp³-hybridized carbons (Fsp3) is 0.267. The van der Waals surface area contributed by atoms with E-state index in [1.165, 1.54) is 24.1 Å². The molecule has 1 aliphatic heterocycles. The Balaban J connectivity index is 1.36. The highest BCUT2D eigenvalue weighted by molar-refractivity contribution is 6.33. The SMILES string of the molecule is CC(=O)OCC(=O)N1CCC(n2c(C)nc3cnc4cc(F)c(-c5ccc(Oc6ncccn6)cc5Cl)cc4c32)C(F)C1. The standard InChI is InChI=1S/C30H25ClF2N6O4/c1-16-37-26-13-36-25-12-23(32)20(19-5-4-18(10-22(19)31)43-30-34-7-3-8-35-30)11-21(25)29(26)39(16)27-6-9-38(14-24(27)33)28(41)15-42-17(2)40/h3-5,7-8,10-13,24,27H,6,9,14-15H2,1-2H3. The maximum atomic E-state index is 15.7. The summed E-state index contributed by atoms with van der Waals surface area (Å²) in [6, 6.07) is 8.96. The number of imidazole rings is 1. The molecule has 0 aliphatic carbocycles. The van der Waals surface area contributed by atoms with Gasteiger partial charge in [-0.2, -0.15) is 0 Å². The van der Waals surface area contributed by atoms with Crippen molar-refractivity contribution in [1.82, 2.24) is 29.4 Å². The molecule has 6 rings (SSSR count). The van der Waals surface area contributed by atoms with E-state index in [-0.39, 0.29) is 29.7 Å². The number of aromatic nitrogens is 5. The van der Waals surface area contributed by atoms with Gasteiger partial charge in [0.05, 0.1) is 34.8 Å². The summed E-state index contributed by atoms with van der Waals surface area (Å²) in [5, 5.41) is 0.815. The van der Waals surface area contributed by atoms with Crippen molar-refractivity contribution in [3.8, 4) is 22.9 Å². The first-order valence-corrected chi connectivity index (χ1v) is 13.8. The second-order valence-corrected chi connectivity index (χ2v) is 10.5. The molecule has 13 heteroatoms. The fourth-order valence-electron chi connectivity index (χ4n) is 5.41. The van der Waals surface area contributed by atoms with Crippen molar-refractivity contribution in [2.45, 2.75) is 32.5 Å². The second-order valence-electron chi connectivity index (χ2n) is 10.1. The summed E-state index contributed by atoms with van der Waals surface area (Å²) in [4.78, 5) is 41.9. The average Bonchev–Trinajstić information content (AvgIpc) is 3.32. The third-order valence-electron chi connectivity index (χ3n) is 7.35. The molecule has 4 heterocycles. The number of benzene rings is 2. The lowest BCUT2D eigenvalue weighted by Crippen LogP contribution is -2.47. The Kier molecular flexibility index (Phi) is 7.61. The number of pyridine rings is 1. The minimum atomic E-state index is -1.43. The number of rotatable bonds is 6. The quantitative estimate of drug-likeness (QED) is 0.229. The van der Waals surface area contributed by atoms with Crippen LogP contribution >= 0.6 is 11.6 Å². The highest BCUT2D eigenvalue weighted by Crippen LogP contribution is 2.39. The summed E-state index contributed by atoms with van der Waals surface area (Å²) in [5.74, 6) is -0.630. The van der Waals surface area contributed by atoms with Crippen molar-refractivity contribution in [1.29, 1.82) is 0 Å². The number of halogens is 3. The van der Waals surface area contributed by atoms with Crippen LogP contribution in [0.1, 0.15) is 25.2 Å². The van der Waals surface area contributed by atoms with Crippen molar-refractivity contribution < 1.29 is 27.8 Å². The first-order chi connectivity index (χ1) is 20.7. The van der Waals surface area contributed by atoms with Crippen LogP contribution < -0.4 is 4.74 Å². The Labute approximate surface area is 249 Å². The number of nitrogens with zero attached hydrogens (tertiary/aromatic N) is 6. The number of fused-ring (bicyclic) bond motifs is 3. The molecule has 2 unspecified atom stereocenters. The van der Waals surface area contributed by atoms with Gasteiger partial charge in [-0.1, -0.05) is 11.6 Å². The van der Waals surface area contributed by atoms with Crippen molar-refractivity contribution in [2.75, 3.05) is 19.7 Å². The van der Waals surface area contributed by atoms with E-state index in [0.717, 1.165) is 0 Å². The highest BCUT2D eigenvalue weighted by Gasteiger charge is 2.35. The number of carbonyl (C=O) groups excluding carboxylic acids is 2. The summed E-state index contributed by atoms with van der Waals surface area (Å²) in [6.45, 7) is 2.66. The van der Waals surface area contributed by atoms with Gasteiger partial charge in [-0.05, 0) is 37.6 Å². The van der Waals surface area contributed by atoms with Crippen LogP contribution in [0.5, 0.6) is 11.8 Å². The Hall–Kier alpha value is -4.71. The molecule has 2 aromatic carbocycles. The minimum Gasteiger partial charge on any atom is -0.456 e. The number of ether oxygens (including phenoxy) is 2. The van der Waals surface area contributed by atoms with Crippen LogP contribution in [0.15, 0.2) is 55.0 Å². The predicted octanol–water partition coefficient (Wildman–Crippen LogP) is 5.61.